The highest BCUT2D eigenvalue weighted by Crippen LogP contribution is 2.28. The Morgan fingerprint density at radius 2 is 1.39 bits per heavy atom. The lowest BCUT2D eigenvalue weighted by Gasteiger charge is -2.36. The van der Waals surface area contributed by atoms with Crippen LogP contribution in [0.3, 0.4) is 0 Å². The summed E-state index contributed by atoms with van der Waals surface area (Å²) in [5.74, 6) is 1.07. The zero-order valence-corrected chi connectivity index (χ0v) is 18.0. The molecule has 1 heterocycles. The lowest BCUT2D eigenvalue weighted by molar-refractivity contribution is -0.677. The highest BCUT2D eigenvalue weighted by molar-refractivity contribution is 5.77. The van der Waals surface area contributed by atoms with E-state index in [2.05, 4.69) is 64.8 Å². The molecule has 0 aliphatic carbocycles. The molecule has 1 aliphatic heterocycles. The van der Waals surface area contributed by atoms with Crippen molar-refractivity contribution in [2.75, 3.05) is 44.7 Å². The molecule has 1 saturated heterocycles. The molecule has 1 amide bonds. The molecule has 4 rings (SSSR count). The largest absolute Gasteiger partial charge is 0.495 e. The second kappa shape index (κ2) is 10.1. The molecule has 0 unspecified atom stereocenters. The van der Waals surface area contributed by atoms with Gasteiger partial charge in [0.2, 0.25) is 0 Å². The van der Waals surface area contributed by atoms with E-state index < -0.39 is 0 Å². The van der Waals surface area contributed by atoms with Crippen molar-refractivity contribution in [1.82, 2.24) is 4.90 Å². The molecule has 31 heavy (non-hydrogen) atoms. The molecule has 5 heteroatoms. The third-order valence-corrected chi connectivity index (χ3v) is 5.90. The summed E-state index contributed by atoms with van der Waals surface area (Å²) in [6.45, 7) is 3.51. The number of para-hydroxylation sites is 2. The highest BCUT2D eigenvalue weighted by atomic mass is 16.5. The first kappa shape index (κ1) is 20.9. The van der Waals surface area contributed by atoms with Crippen LogP contribution in [0.5, 0.6) is 5.75 Å². The van der Waals surface area contributed by atoms with Gasteiger partial charge in [-0.15, -0.1) is 0 Å². The molecule has 3 aromatic carbocycles. The molecule has 1 fully saturated rings. The maximum absolute atomic E-state index is 13.0. The molecule has 0 aromatic heterocycles. The van der Waals surface area contributed by atoms with Gasteiger partial charge in [-0.3, -0.25) is 4.79 Å². The first-order valence-corrected chi connectivity index (χ1v) is 10.8. The summed E-state index contributed by atoms with van der Waals surface area (Å²) in [7, 11) is 1.70. The van der Waals surface area contributed by atoms with Crippen LogP contribution in [0.25, 0.3) is 0 Å². The van der Waals surface area contributed by atoms with Gasteiger partial charge in [0.05, 0.1) is 12.8 Å². The second-order valence-electron chi connectivity index (χ2n) is 7.78. The Morgan fingerprint density at radius 1 is 0.839 bits per heavy atom. The molecule has 3 aromatic rings. The van der Waals surface area contributed by atoms with Gasteiger partial charge in [-0.05, 0) is 12.1 Å². The summed E-state index contributed by atoms with van der Waals surface area (Å²) >= 11 is 0. The Kier molecular flexibility index (Phi) is 6.85. The van der Waals surface area contributed by atoms with Crippen LogP contribution < -0.4 is 15.0 Å². The predicted octanol–water partition coefficient (Wildman–Crippen LogP) is 2.70. The number of nitrogens with zero attached hydrogens (tertiary/aromatic N) is 2. The van der Waals surface area contributed by atoms with Crippen LogP contribution in [0.1, 0.15) is 17.2 Å². The molecule has 0 saturated carbocycles. The Morgan fingerprint density at radius 3 is 1.97 bits per heavy atom. The quantitative estimate of drug-likeness (QED) is 0.644. The average molecular weight is 417 g/mol. The highest BCUT2D eigenvalue weighted by Gasteiger charge is 2.25. The molecule has 0 atom stereocenters. The summed E-state index contributed by atoms with van der Waals surface area (Å²) in [6, 6.07) is 29.0. The van der Waals surface area contributed by atoms with Crippen LogP contribution in [0.2, 0.25) is 0 Å². The van der Waals surface area contributed by atoms with Gasteiger partial charge < -0.3 is 19.9 Å². The van der Waals surface area contributed by atoms with E-state index in [0.717, 1.165) is 37.6 Å². The van der Waals surface area contributed by atoms with Crippen molar-refractivity contribution in [1.29, 1.82) is 0 Å². The van der Waals surface area contributed by atoms with Crippen molar-refractivity contribution in [2.24, 2.45) is 0 Å². The minimum Gasteiger partial charge on any atom is -0.495 e. The van der Waals surface area contributed by atoms with Crippen molar-refractivity contribution < 1.29 is 14.8 Å². The van der Waals surface area contributed by atoms with Crippen molar-refractivity contribution in [3.8, 4) is 5.75 Å². The number of hydrogen-bond acceptors (Lipinski definition) is 3. The van der Waals surface area contributed by atoms with Crippen molar-refractivity contribution in [3.63, 3.8) is 0 Å². The summed E-state index contributed by atoms with van der Waals surface area (Å²) in [6.07, 6.45) is 0. The number of carbonyl (C=O) groups is 1. The summed E-state index contributed by atoms with van der Waals surface area (Å²) in [4.78, 5) is 17.3. The van der Waals surface area contributed by atoms with Crippen LogP contribution in [-0.2, 0) is 4.79 Å². The summed E-state index contributed by atoms with van der Waals surface area (Å²) in [5, 5.41) is 2.15. The Balaban J connectivity index is 1.37. The molecule has 0 spiro atoms. The number of hydrogen-bond donors (Lipinski definition) is 1. The van der Waals surface area contributed by atoms with E-state index in [1.165, 1.54) is 11.1 Å². The van der Waals surface area contributed by atoms with Crippen molar-refractivity contribution in [3.05, 3.63) is 96.1 Å². The third kappa shape index (κ3) is 5.06. The van der Waals surface area contributed by atoms with Crippen LogP contribution in [-0.4, -0.2) is 50.6 Å². The number of carbonyl (C=O) groups excluding carboxylic acids is 1. The van der Waals surface area contributed by atoms with Gasteiger partial charge in [-0.2, -0.15) is 0 Å². The van der Waals surface area contributed by atoms with Crippen molar-refractivity contribution in [2.45, 2.75) is 6.04 Å². The Bertz CT molecular complexity index is 931. The van der Waals surface area contributed by atoms with Gasteiger partial charge in [0.25, 0.3) is 5.91 Å². The van der Waals surface area contributed by atoms with Gasteiger partial charge in [-0.1, -0.05) is 72.8 Å². The predicted molar refractivity (Wildman–Crippen MR) is 123 cm³/mol. The SMILES string of the molecule is COc1ccccc1N1CCN(C(=O)C[NH2+]C(c2ccccc2)c2ccccc2)CC1. The van der Waals surface area contributed by atoms with Crippen molar-refractivity contribution >= 4 is 11.6 Å². The number of amides is 1. The van der Waals surface area contributed by atoms with E-state index in [4.69, 9.17) is 4.74 Å². The Hall–Kier alpha value is -3.31. The van der Waals surface area contributed by atoms with Gasteiger partial charge in [-0.25, -0.2) is 0 Å². The standard InChI is InChI=1S/C26H29N3O2/c1-31-24-15-9-8-14-23(24)28-16-18-29(19-17-28)25(30)20-27-26(21-10-4-2-5-11-21)22-12-6-3-7-13-22/h2-15,26-27H,16-20H2,1H3/p+1. The molecule has 0 radical (unpaired) electrons. The number of piperazine rings is 1. The maximum atomic E-state index is 13.0. The minimum atomic E-state index is 0.112. The lowest BCUT2D eigenvalue weighted by Crippen LogP contribution is -2.88. The fourth-order valence-corrected chi connectivity index (χ4v) is 4.22. The van der Waals surface area contributed by atoms with Gasteiger partial charge in [0.1, 0.15) is 11.8 Å². The molecule has 160 valence electrons. The molecule has 2 N–H and O–H groups in total. The van der Waals surface area contributed by atoms with E-state index >= 15 is 0 Å². The third-order valence-electron chi connectivity index (χ3n) is 5.90. The zero-order chi connectivity index (χ0) is 21.5. The lowest BCUT2D eigenvalue weighted by atomic mass is 9.99. The van der Waals surface area contributed by atoms with Gasteiger partial charge in [0, 0.05) is 37.3 Å². The second-order valence-corrected chi connectivity index (χ2v) is 7.78. The number of quaternary nitrogens is 1. The first-order valence-electron chi connectivity index (χ1n) is 10.8. The zero-order valence-electron chi connectivity index (χ0n) is 18.0. The molecule has 0 bridgehead atoms. The topological polar surface area (TPSA) is 49.4 Å². The van der Waals surface area contributed by atoms with Crippen LogP contribution >= 0.6 is 0 Å². The maximum Gasteiger partial charge on any atom is 0.277 e. The molecular formula is C26H30N3O2+. The van der Waals surface area contributed by atoms with Crippen LogP contribution in [0.4, 0.5) is 5.69 Å². The molecule has 1 aliphatic rings. The van der Waals surface area contributed by atoms with E-state index in [1.54, 1.807) is 7.11 Å². The van der Waals surface area contributed by atoms with E-state index in [9.17, 15) is 4.79 Å². The average Bonchev–Trinajstić information content (AvgIpc) is 2.85. The van der Waals surface area contributed by atoms with E-state index in [1.807, 2.05) is 35.2 Å². The van der Waals surface area contributed by atoms with Crippen LogP contribution in [0, 0.1) is 0 Å². The molecule has 5 nitrogen and oxygen atoms in total. The van der Waals surface area contributed by atoms with E-state index in [0.29, 0.717) is 6.54 Å². The van der Waals surface area contributed by atoms with Gasteiger partial charge >= 0.3 is 0 Å². The summed E-state index contributed by atoms with van der Waals surface area (Å²) < 4.78 is 5.49. The number of rotatable bonds is 7. The first-order chi connectivity index (χ1) is 15.3. The number of ether oxygens (including phenoxy) is 1. The fraction of sp³-hybridized carbons (Fsp3) is 0.269. The Labute approximate surface area is 184 Å². The number of nitrogens with two attached hydrogens (primary N) is 1. The summed E-state index contributed by atoms with van der Waals surface area (Å²) in [5.41, 5.74) is 3.52. The number of methoxy groups -OCH3 is 1. The monoisotopic (exact) mass is 416 g/mol. The van der Waals surface area contributed by atoms with Crippen LogP contribution in [0.15, 0.2) is 84.9 Å². The normalized spacial score (nSPS) is 14.0. The molecular weight excluding hydrogens is 386 g/mol. The smallest absolute Gasteiger partial charge is 0.277 e. The number of anilines is 1. The number of benzene rings is 3. The van der Waals surface area contributed by atoms with Gasteiger partial charge in [0.15, 0.2) is 6.54 Å². The minimum absolute atomic E-state index is 0.112. The fourth-order valence-electron chi connectivity index (χ4n) is 4.22. The van der Waals surface area contributed by atoms with E-state index in [-0.39, 0.29) is 11.9 Å².